The molecule has 1 aliphatic heterocycles. The van der Waals surface area contributed by atoms with Crippen LogP contribution in [0.2, 0.25) is 18.1 Å². The van der Waals surface area contributed by atoms with Crippen LogP contribution in [0.4, 0.5) is 0 Å². The van der Waals surface area contributed by atoms with Crippen LogP contribution in [-0.2, 0) is 23.4 Å². The van der Waals surface area contributed by atoms with E-state index in [2.05, 4.69) is 46.0 Å². The molecule has 0 saturated carbocycles. The van der Waals surface area contributed by atoms with Crippen molar-refractivity contribution >= 4 is 14.3 Å². The molecule has 7 heteroatoms. The van der Waals surface area contributed by atoms with E-state index in [4.69, 9.17) is 18.6 Å². The molecule has 1 aliphatic rings. The maximum atomic E-state index is 12.7. The zero-order chi connectivity index (χ0) is 25.3. The van der Waals surface area contributed by atoms with Crippen LogP contribution in [0.3, 0.4) is 0 Å². The first-order valence-electron chi connectivity index (χ1n) is 12.6. The van der Waals surface area contributed by atoms with Crippen molar-refractivity contribution in [3.8, 4) is 0 Å². The Hall–Kier alpha value is -0.733. The molecule has 1 rings (SSSR count). The summed E-state index contributed by atoms with van der Waals surface area (Å²) in [4.78, 5) is 12.7. The third-order valence-corrected chi connectivity index (χ3v) is 11.2. The largest absolute Gasteiger partial charge is 0.467 e. The summed E-state index contributed by atoms with van der Waals surface area (Å²) >= 11 is 0. The van der Waals surface area contributed by atoms with Gasteiger partial charge in [0.1, 0.15) is 6.10 Å². The second kappa shape index (κ2) is 13.4. The molecule has 6 nitrogen and oxygen atoms in total. The summed E-state index contributed by atoms with van der Waals surface area (Å²) in [6, 6.07) is 0. The molecule has 0 bridgehead atoms. The van der Waals surface area contributed by atoms with Crippen LogP contribution in [0.1, 0.15) is 92.9 Å². The van der Waals surface area contributed by atoms with E-state index in [1.54, 1.807) is 0 Å². The zero-order valence-corrected chi connectivity index (χ0v) is 23.6. The minimum Gasteiger partial charge on any atom is -0.467 e. The second-order valence-corrected chi connectivity index (χ2v) is 16.1. The van der Waals surface area contributed by atoms with E-state index in [1.807, 2.05) is 20.8 Å². The van der Waals surface area contributed by atoms with Crippen molar-refractivity contribution in [1.82, 2.24) is 0 Å². The number of rotatable bonds is 14. The number of methoxy groups -OCH3 is 1. The van der Waals surface area contributed by atoms with Gasteiger partial charge in [0.15, 0.2) is 20.2 Å². The SMILES string of the molecule is COC(=O)[C@@H](O[Si](C)(C)C(C)(C)C)[C@H]1OC(C)(C)O[C@@H]1CCCC/C=C/CCCC[C@H](C)O. The van der Waals surface area contributed by atoms with Crippen molar-refractivity contribution in [1.29, 1.82) is 0 Å². The summed E-state index contributed by atoms with van der Waals surface area (Å²) in [7, 11) is -0.819. The standard InChI is InChI=1S/C26H50O6Si/c1-20(27)18-16-14-12-10-11-13-15-17-19-21-22(31-26(5,6)30-21)23(24(28)29-7)32-33(8,9)25(2,3)4/h10-11,20-23,27H,12-19H2,1-9H3/b11-10+/t20-,21+,22-,23-/m0/s1. The van der Waals surface area contributed by atoms with Crippen molar-refractivity contribution in [2.24, 2.45) is 0 Å². The van der Waals surface area contributed by atoms with Crippen LogP contribution < -0.4 is 0 Å². The molecule has 0 spiro atoms. The van der Waals surface area contributed by atoms with Crippen LogP contribution in [0.5, 0.6) is 0 Å². The van der Waals surface area contributed by atoms with E-state index in [0.717, 1.165) is 51.4 Å². The molecule has 0 unspecified atom stereocenters. The van der Waals surface area contributed by atoms with E-state index >= 15 is 0 Å². The number of hydrogen-bond acceptors (Lipinski definition) is 6. The number of carbonyl (C=O) groups excluding carboxylic acids is 1. The number of hydrogen-bond donors (Lipinski definition) is 1. The smallest absolute Gasteiger partial charge is 0.336 e. The summed E-state index contributed by atoms with van der Waals surface area (Å²) in [5.74, 6) is -1.15. The minimum absolute atomic E-state index is 0.0353. The molecule has 0 aromatic heterocycles. The van der Waals surface area contributed by atoms with Gasteiger partial charge in [-0.1, -0.05) is 45.8 Å². The van der Waals surface area contributed by atoms with Gasteiger partial charge in [0, 0.05) is 0 Å². The lowest BCUT2D eigenvalue weighted by Crippen LogP contribution is -2.52. The number of unbranched alkanes of at least 4 members (excludes halogenated alkanes) is 4. The van der Waals surface area contributed by atoms with Crippen molar-refractivity contribution in [3.63, 3.8) is 0 Å². The molecule has 0 aliphatic carbocycles. The minimum atomic E-state index is -2.22. The van der Waals surface area contributed by atoms with Crippen LogP contribution in [0, 0.1) is 0 Å². The molecule has 0 radical (unpaired) electrons. The van der Waals surface area contributed by atoms with Gasteiger partial charge in [0.25, 0.3) is 0 Å². The Labute approximate surface area is 203 Å². The first-order valence-corrected chi connectivity index (χ1v) is 15.6. The third-order valence-electron chi connectivity index (χ3n) is 6.70. The van der Waals surface area contributed by atoms with Gasteiger partial charge < -0.3 is 23.7 Å². The fourth-order valence-corrected chi connectivity index (χ4v) is 4.97. The summed E-state index contributed by atoms with van der Waals surface area (Å²) in [6.07, 6.45) is 10.8. The van der Waals surface area contributed by atoms with Crippen LogP contribution in [0.25, 0.3) is 0 Å². The van der Waals surface area contributed by atoms with Crippen molar-refractivity contribution in [3.05, 3.63) is 12.2 Å². The Morgan fingerprint density at radius 1 is 1.09 bits per heavy atom. The number of ether oxygens (including phenoxy) is 3. The lowest BCUT2D eigenvalue weighted by Gasteiger charge is -2.40. The molecule has 33 heavy (non-hydrogen) atoms. The zero-order valence-electron chi connectivity index (χ0n) is 22.6. The Kier molecular flexibility index (Phi) is 12.3. The third kappa shape index (κ3) is 10.6. The maximum absolute atomic E-state index is 12.7. The molecule has 0 amide bonds. The Bertz CT molecular complexity index is 608. The monoisotopic (exact) mass is 486 g/mol. The number of aliphatic hydroxyl groups is 1. The average Bonchev–Trinajstić information content (AvgIpc) is 3.00. The molecule has 194 valence electrons. The van der Waals surface area contributed by atoms with Gasteiger partial charge >= 0.3 is 5.97 Å². The quantitative estimate of drug-likeness (QED) is 0.138. The molecular formula is C26H50O6Si. The molecule has 1 saturated heterocycles. The van der Waals surface area contributed by atoms with E-state index in [0.29, 0.717) is 0 Å². The molecule has 1 fully saturated rings. The first kappa shape index (κ1) is 30.3. The van der Waals surface area contributed by atoms with Crippen LogP contribution in [-0.4, -0.2) is 56.7 Å². The van der Waals surface area contributed by atoms with Gasteiger partial charge in [0.2, 0.25) is 0 Å². The Balaban J connectivity index is 2.65. The molecule has 0 aromatic rings. The molecule has 1 heterocycles. The number of carbonyl (C=O) groups is 1. The van der Waals surface area contributed by atoms with Gasteiger partial charge in [0.05, 0.1) is 19.3 Å². The average molecular weight is 487 g/mol. The fourth-order valence-electron chi connectivity index (χ4n) is 3.75. The first-order chi connectivity index (χ1) is 15.2. The summed E-state index contributed by atoms with van der Waals surface area (Å²) < 4.78 is 24.0. The molecule has 1 N–H and O–H groups in total. The molecular weight excluding hydrogens is 436 g/mol. The Morgan fingerprint density at radius 2 is 1.67 bits per heavy atom. The van der Waals surface area contributed by atoms with Crippen molar-refractivity contribution in [2.75, 3.05) is 7.11 Å². The fraction of sp³-hybridized carbons (Fsp3) is 0.885. The van der Waals surface area contributed by atoms with E-state index < -0.39 is 32.3 Å². The van der Waals surface area contributed by atoms with Gasteiger partial charge in [-0.25, -0.2) is 4.79 Å². The molecule has 0 aromatic carbocycles. The Morgan fingerprint density at radius 3 is 2.18 bits per heavy atom. The topological polar surface area (TPSA) is 74.2 Å². The maximum Gasteiger partial charge on any atom is 0.336 e. The lowest BCUT2D eigenvalue weighted by atomic mass is 10.0. The van der Waals surface area contributed by atoms with Crippen LogP contribution >= 0.6 is 0 Å². The van der Waals surface area contributed by atoms with Gasteiger partial charge in [-0.3, -0.25) is 0 Å². The van der Waals surface area contributed by atoms with Gasteiger partial charge in [-0.15, -0.1) is 0 Å². The number of allylic oxidation sites excluding steroid dienone is 2. The van der Waals surface area contributed by atoms with Gasteiger partial charge in [-0.2, -0.15) is 0 Å². The normalized spacial score (nSPS) is 23.1. The highest BCUT2D eigenvalue weighted by Crippen LogP contribution is 2.40. The molecule has 4 atom stereocenters. The van der Waals surface area contributed by atoms with E-state index in [9.17, 15) is 9.90 Å². The second-order valence-electron chi connectivity index (χ2n) is 11.3. The predicted octanol–water partition coefficient (Wildman–Crippen LogP) is 6.13. The van der Waals surface area contributed by atoms with E-state index in [1.165, 1.54) is 7.11 Å². The number of esters is 1. The lowest BCUT2D eigenvalue weighted by molar-refractivity contribution is -0.169. The van der Waals surface area contributed by atoms with Crippen LogP contribution in [0.15, 0.2) is 12.2 Å². The predicted molar refractivity (Wildman–Crippen MR) is 136 cm³/mol. The number of aliphatic hydroxyl groups excluding tert-OH is 1. The van der Waals surface area contributed by atoms with Crippen molar-refractivity contribution in [2.45, 2.75) is 141 Å². The summed E-state index contributed by atoms with van der Waals surface area (Å²) in [6.45, 7) is 16.4. The highest BCUT2D eigenvalue weighted by molar-refractivity contribution is 6.74. The van der Waals surface area contributed by atoms with Crippen molar-refractivity contribution < 1.29 is 28.5 Å². The highest BCUT2D eigenvalue weighted by Gasteiger charge is 2.51. The van der Waals surface area contributed by atoms with Gasteiger partial charge in [-0.05, 0) is 77.4 Å². The van der Waals surface area contributed by atoms with E-state index in [-0.39, 0.29) is 17.2 Å². The highest BCUT2D eigenvalue weighted by atomic mass is 28.4. The summed E-state index contributed by atoms with van der Waals surface area (Å²) in [5.41, 5.74) is 0. The summed E-state index contributed by atoms with van der Waals surface area (Å²) in [5, 5.41) is 9.26.